The molecule has 2 aromatic carbocycles. The first-order valence-electron chi connectivity index (χ1n) is 9.31. The number of urea groups is 1. The molecule has 2 aromatic rings. The number of amides is 4. The molecule has 0 radical (unpaired) electrons. The van der Waals surface area contributed by atoms with Crippen molar-refractivity contribution in [1.82, 2.24) is 15.5 Å². The summed E-state index contributed by atoms with van der Waals surface area (Å²) >= 11 is 0. The molecule has 4 amide bonds. The lowest BCUT2D eigenvalue weighted by Crippen LogP contribution is -2.45. The monoisotopic (exact) mass is 415 g/mol. The Bertz CT molecular complexity index is 1130. The van der Waals surface area contributed by atoms with Crippen molar-refractivity contribution >= 4 is 38.5 Å². The van der Waals surface area contributed by atoms with E-state index in [0.717, 1.165) is 15.7 Å². The zero-order valence-electron chi connectivity index (χ0n) is 15.8. The van der Waals surface area contributed by atoms with Gasteiger partial charge in [-0.1, -0.05) is 36.4 Å². The summed E-state index contributed by atoms with van der Waals surface area (Å²) in [6, 6.07) is 12.1. The van der Waals surface area contributed by atoms with Crippen LogP contribution in [0.4, 0.5) is 4.79 Å². The number of imide groups is 1. The molecule has 2 saturated heterocycles. The van der Waals surface area contributed by atoms with Crippen molar-refractivity contribution in [3.63, 3.8) is 0 Å². The fourth-order valence-corrected chi connectivity index (χ4v) is 5.54. The first-order chi connectivity index (χ1) is 13.7. The maximum Gasteiger partial charge on any atom is 0.325 e. The van der Waals surface area contributed by atoms with E-state index in [1.807, 2.05) is 36.4 Å². The summed E-state index contributed by atoms with van der Waals surface area (Å²) in [5.41, 5.74) is -0.655. The summed E-state index contributed by atoms with van der Waals surface area (Å²) in [7, 11) is -3.14. The number of carbonyl (C=O) groups excluding carboxylic acids is 3. The number of nitrogens with one attached hydrogen (secondary N) is 2. The van der Waals surface area contributed by atoms with E-state index in [0.29, 0.717) is 12.0 Å². The van der Waals surface area contributed by atoms with E-state index in [9.17, 15) is 22.8 Å². The average molecular weight is 415 g/mol. The van der Waals surface area contributed by atoms with Gasteiger partial charge in [0.15, 0.2) is 9.84 Å². The third-order valence-corrected chi connectivity index (χ3v) is 7.27. The highest BCUT2D eigenvalue weighted by Crippen LogP contribution is 2.31. The van der Waals surface area contributed by atoms with Gasteiger partial charge in [0.05, 0.1) is 11.5 Å². The predicted molar refractivity (Wildman–Crippen MR) is 107 cm³/mol. The van der Waals surface area contributed by atoms with Crippen LogP contribution in [0.15, 0.2) is 42.5 Å². The van der Waals surface area contributed by atoms with Crippen LogP contribution in [0.1, 0.15) is 18.9 Å². The molecule has 4 rings (SSSR count). The van der Waals surface area contributed by atoms with E-state index in [4.69, 9.17) is 0 Å². The second-order valence-corrected chi connectivity index (χ2v) is 9.90. The summed E-state index contributed by atoms with van der Waals surface area (Å²) in [5.74, 6) is -1.17. The number of hydrogen-bond acceptors (Lipinski definition) is 5. The van der Waals surface area contributed by atoms with Gasteiger partial charge in [0.1, 0.15) is 12.1 Å². The Kier molecular flexibility index (Phi) is 4.57. The Labute approximate surface area is 168 Å². The summed E-state index contributed by atoms with van der Waals surface area (Å²) in [5, 5.41) is 7.24. The van der Waals surface area contributed by atoms with Gasteiger partial charge in [-0.05, 0) is 35.7 Å². The normalized spacial score (nSPS) is 26.0. The molecule has 152 valence electrons. The fourth-order valence-electron chi connectivity index (χ4n) is 3.86. The smallest absolute Gasteiger partial charge is 0.325 e. The second-order valence-electron chi connectivity index (χ2n) is 7.68. The second kappa shape index (κ2) is 6.84. The van der Waals surface area contributed by atoms with Crippen LogP contribution in [0.2, 0.25) is 0 Å². The fraction of sp³-hybridized carbons (Fsp3) is 0.350. The van der Waals surface area contributed by atoms with E-state index in [1.165, 1.54) is 0 Å². The van der Waals surface area contributed by atoms with Gasteiger partial charge >= 0.3 is 6.03 Å². The molecule has 2 aliphatic rings. The highest BCUT2D eigenvalue weighted by atomic mass is 32.2. The summed E-state index contributed by atoms with van der Waals surface area (Å²) in [6.07, 6.45) is 0.336. The zero-order chi connectivity index (χ0) is 20.8. The van der Waals surface area contributed by atoms with E-state index in [1.54, 1.807) is 13.0 Å². The van der Waals surface area contributed by atoms with Crippen LogP contribution in [0.5, 0.6) is 0 Å². The van der Waals surface area contributed by atoms with Gasteiger partial charge in [-0.3, -0.25) is 14.5 Å². The molecule has 2 fully saturated rings. The minimum absolute atomic E-state index is 0.0289. The van der Waals surface area contributed by atoms with Gasteiger partial charge in [0.2, 0.25) is 5.91 Å². The van der Waals surface area contributed by atoms with Crippen LogP contribution in [-0.2, 0) is 25.0 Å². The summed E-state index contributed by atoms with van der Waals surface area (Å²) < 4.78 is 23.1. The van der Waals surface area contributed by atoms with Gasteiger partial charge in [-0.2, -0.15) is 0 Å². The SMILES string of the molecule is CC1(c2ccc3ccccc3c2)NC(=O)N(CC(=O)NC2CCS(=O)(=O)C2)C1=O. The highest BCUT2D eigenvalue weighted by Gasteiger charge is 2.49. The summed E-state index contributed by atoms with van der Waals surface area (Å²) in [4.78, 5) is 38.6. The first kappa shape index (κ1) is 19.4. The minimum atomic E-state index is -3.14. The molecule has 2 heterocycles. The lowest BCUT2D eigenvalue weighted by atomic mass is 9.90. The molecular formula is C20H21N3O5S. The quantitative estimate of drug-likeness (QED) is 0.721. The van der Waals surface area contributed by atoms with E-state index in [-0.39, 0.29) is 11.5 Å². The van der Waals surface area contributed by atoms with Crippen molar-refractivity contribution in [1.29, 1.82) is 0 Å². The molecule has 0 bridgehead atoms. The number of sulfone groups is 1. The molecule has 2 N–H and O–H groups in total. The van der Waals surface area contributed by atoms with Crippen molar-refractivity contribution < 1.29 is 22.8 Å². The molecule has 2 aliphatic heterocycles. The van der Waals surface area contributed by atoms with Gasteiger partial charge in [-0.25, -0.2) is 13.2 Å². The average Bonchev–Trinajstić information content (AvgIpc) is 3.12. The predicted octanol–water partition coefficient (Wildman–Crippen LogP) is 0.910. The molecule has 8 nitrogen and oxygen atoms in total. The largest absolute Gasteiger partial charge is 0.351 e. The van der Waals surface area contributed by atoms with Crippen LogP contribution in [0, 0.1) is 0 Å². The molecule has 0 spiro atoms. The Morgan fingerprint density at radius 3 is 2.62 bits per heavy atom. The van der Waals surface area contributed by atoms with Crippen molar-refractivity contribution in [2.24, 2.45) is 0 Å². The topological polar surface area (TPSA) is 113 Å². The van der Waals surface area contributed by atoms with Crippen molar-refractivity contribution in [3.05, 3.63) is 48.0 Å². The van der Waals surface area contributed by atoms with Crippen LogP contribution in [0.25, 0.3) is 10.8 Å². The third kappa shape index (κ3) is 3.57. The Balaban J connectivity index is 1.51. The lowest BCUT2D eigenvalue weighted by Gasteiger charge is -2.23. The first-order valence-corrected chi connectivity index (χ1v) is 11.1. The molecule has 29 heavy (non-hydrogen) atoms. The van der Waals surface area contributed by atoms with Gasteiger partial charge in [-0.15, -0.1) is 0 Å². The number of benzene rings is 2. The standard InChI is InChI=1S/C20H21N3O5S/c1-20(15-7-6-13-4-2-3-5-14(13)10-15)18(25)23(19(26)22-20)11-17(24)21-16-8-9-29(27,28)12-16/h2-7,10,16H,8-9,11-12H2,1H3,(H,21,24)(H,22,26). The van der Waals surface area contributed by atoms with Crippen LogP contribution in [0.3, 0.4) is 0 Å². The van der Waals surface area contributed by atoms with Crippen LogP contribution in [-0.4, -0.2) is 55.3 Å². The van der Waals surface area contributed by atoms with E-state index < -0.39 is 45.8 Å². The molecule has 2 atom stereocenters. The maximum absolute atomic E-state index is 13.0. The Morgan fingerprint density at radius 2 is 1.93 bits per heavy atom. The molecule has 0 aromatic heterocycles. The number of rotatable bonds is 4. The molecule has 9 heteroatoms. The Hall–Kier alpha value is -2.94. The van der Waals surface area contributed by atoms with Crippen molar-refractivity contribution in [2.45, 2.75) is 24.9 Å². The van der Waals surface area contributed by atoms with Crippen LogP contribution < -0.4 is 10.6 Å². The Morgan fingerprint density at radius 1 is 1.21 bits per heavy atom. The number of hydrogen-bond donors (Lipinski definition) is 2. The molecule has 2 unspecified atom stereocenters. The zero-order valence-corrected chi connectivity index (χ0v) is 16.7. The minimum Gasteiger partial charge on any atom is -0.351 e. The van der Waals surface area contributed by atoms with Gasteiger partial charge in [0.25, 0.3) is 5.91 Å². The molecule has 0 aliphatic carbocycles. The molecular weight excluding hydrogens is 394 g/mol. The third-order valence-electron chi connectivity index (χ3n) is 5.50. The number of nitrogens with zero attached hydrogens (tertiary/aromatic N) is 1. The van der Waals surface area contributed by atoms with Crippen molar-refractivity contribution in [3.8, 4) is 0 Å². The van der Waals surface area contributed by atoms with Crippen molar-refractivity contribution in [2.75, 3.05) is 18.1 Å². The maximum atomic E-state index is 13.0. The highest BCUT2D eigenvalue weighted by molar-refractivity contribution is 7.91. The number of fused-ring (bicyclic) bond motifs is 1. The number of carbonyl (C=O) groups is 3. The summed E-state index contributed by atoms with van der Waals surface area (Å²) in [6.45, 7) is 1.16. The van der Waals surface area contributed by atoms with Gasteiger partial charge < -0.3 is 10.6 Å². The molecule has 0 saturated carbocycles. The van der Waals surface area contributed by atoms with E-state index in [2.05, 4.69) is 10.6 Å². The van der Waals surface area contributed by atoms with E-state index >= 15 is 0 Å². The lowest BCUT2D eigenvalue weighted by molar-refractivity contribution is -0.135. The van der Waals surface area contributed by atoms with Crippen LogP contribution >= 0.6 is 0 Å². The van der Waals surface area contributed by atoms with Gasteiger partial charge in [0, 0.05) is 6.04 Å².